The van der Waals surface area contributed by atoms with Crippen molar-refractivity contribution >= 4 is 28.2 Å². The van der Waals surface area contributed by atoms with Crippen LogP contribution >= 0.6 is 0 Å². The lowest BCUT2D eigenvalue weighted by molar-refractivity contribution is 0.476. The van der Waals surface area contributed by atoms with Crippen molar-refractivity contribution in [3.05, 3.63) is 157 Å². The van der Waals surface area contributed by atoms with Gasteiger partial charge in [0.15, 0.2) is 0 Å². The fourth-order valence-electron chi connectivity index (χ4n) is 5.46. The van der Waals surface area contributed by atoms with Gasteiger partial charge in [-0.25, -0.2) is 9.97 Å². The molecule has 0 saturated heterocycles. The number of imidazole rings is 1. The number of nitrogens with zero attached hydrogens (tertiary/aromatic N) is 4. The van der Waals surface area contributed by atoms with Gasteiger partial charge in [0.2, 0.25) is 0 Å². The number of fused-ring (bicyclic) bond motifs is 1. The molecule has 0 radical (unpaired) electrons. The third kappa shape index (κ3) is 4.78. The Kier molecular flexibility index (Phi) is 6.66. The van der Waals surface area contributed by atoms with Gasteiger partial charge in [-0.15, -0.1) is 0 Å². The van der Waals surface area contributed by atoms with Gasteiger partial charge in [-0.2, -0.15) is 0 Å². The lowest BCUT2D eigenvalue weighted by atomic mass is 10.0. The highest BCUT2D eigenvalue weighted by molar-refractivity contribution is 5.95. The van der Waals surface area contributed by atoms with Crippen molar-refractivity contribution in [3.63, 3.8) is 0 Å². The van der Waals surface area contributed by atoms with E-state index >= 15 is 0 Å². The lowest BCUT2D eigenvalue weighted by Gasteiger charge is -2.24. The number of phenolic OH excluding ortho intramolecular Hbond substituents is 1. The summed E-state index contributed by atoms with van der Waals surface area (Å²) in [6, 6.07) is 48.7. The molecule has 7 rings (SSSR count). The van der Waals surface area contributed by atoms with E-state index in [1.165, 1.54) is 0 Å². The van der Waals surface area contributed by atoms with Crippen LogP contribution in [0.2, 0.25) is 0 Å². The van der Waals surface area contributed by atoms with Gasteiger partial charge in [0.05, 0.1) is 16.6 Å². The predicted octanol–water partition coefficient (Wildman–Crippen LogP) is 8.99. The maximum Gasteiger partial charge on any atom is 0.145 e. The van der Waals surface area contributed by atoms with Crippen LogP contribution in [0.5, 0.6) is 5.75 Å². The summed E-state index contributed by atoms with van der Waals surface area (Å²) in [6.07, 6.45) is 1.82. The van der Waals surface area contributed by atoms with Crippen LogP contribution in [-0.4, -0.2) is 19.6 Å². The average Bonchev–Trinajstić information content (AvgIpc) is 3.41. The fourth-order valence-corrected chi connectivity index (χ4v) is 5.46. The topological polar surface area (TPSA) is 54.2 Å². The predicted molar refractivity (Wildman–Crippen MR) is 170 cm³/mol. The Hall–Kier alpha value is -5.68. The molecule has 0 amide bonds. The maximum absolute atomic E-state index is 10.8. The number of benzene rings is 5. The van der Waals surface area contributed by atoms with E-state index in [4.69, 9.17) is 4.98 Å². The number of rotatable bonds is 7. The smallest absolute Gasteiger partial charge is 0.145 e. The van der Waals surface area contributed by atoms with Gasteiger partial charge in [-0.1, -0.05) is 91.0 Å². The summed E-state index contributed by atoms with van der Waals surface area (Å²) in [7, 11) is 0. The van der Waals surface area contributed by atoms with Crippen LogP contribution < -0.4 is 4.90 Å². The highest BCUT2D eigenvalue weighted by Gasteiger charge is 2.20. The second-order valence-electron chi connectivity index (χ2n) is 10.1. The summed E-state index contributed by atoms with van der Waals surface area (Å²) in [4.78, 5) is 12.0. The SMILES string of the molecule is Oc1ccccc1-c1nc2c(-c3cccc(N(c4ccccc4)c4ccccn4)c3)cccc2n1Cc1ccccc1. The van der Waals surface area contributed by atoms with Crippen molar-refractivity contribution in [3.8, 4) is 28.3 Å². The largest absolute Gasteiger partial charge is 0.507 e. The zero-order valence-corrected chi connectivity index (χ0v) is 22.9. The minimum absolute atomic E-state index is 0.208. The first kappa shape index (κ1) is 25.3. The Bertz CT molecular complexity index is 1930. The Labute approximate surface area is 244 Å². The zero-order chi connectivity index (χ0) is 28.3. The van der Waals surface area contributed by atoms with Gasteiger partial charge in [0.1, 0.15) is 17.4 Å². The molecule has 1 N–H and O–H groups in total. The monoisotopic (exact) mass is 544 g/mol. The van der Waals surface area contributed by atoms with Gasteiger partial charge in [-0.3, -0.25) is 4.90 Å². The number of anilines is 3. The molecule has 5 heteroatoms. The number of phenols is 1. The van der Waals surface area contributed by atoms with E-state index in [-0.39, 0.29) is 5.75 Å². The molecule has 0 aliphatic heterocycles. The molecule has 0 aliphatic rings. The first-order valence-corrected chi connectivity index (χ1v) is 13.9. The van der Waals surface area contributed by atoms with Crippen molar-refractivity contribution in [1.29, 1.82) is 0 Å². The Morgan fingerprint density at radius 2 is 1.31 bits per heavy atom. The maximum atomic E-state index is 10.8. The van der Waals surface area contributed by atoms with Crippen molar-refractivity contribution < 1.29 is 5.11 Å². The average molecular weight is 545 g/mol. The second kappa shape index (κ2) is 11.1. The van der Waals surface area contributed by atoms with E-state index in [0.717, 1.165) is 50.7 Å². The number of hydrogen-bond donors (Lipinski definition) is 1. The van der Waals surface area contributed by atoms with Gasteiger partial charge in [0.25, 0.3) is 0 Å². The summed E-state index contributed by atoms with van der Waals surface area (Å²) >= 11 is 0. The minimum Gasteiger partial charge on any atom is -0.507 e. The van der Waals surface area contributed by atoms with Gasteiger partial charge in [0, 0.05) is 29.7 Å². The van der Waals surface area contributed by atoms with Crippen LogP contribution in [0, 0.1) is 0 Å². The van der Waals surface area contributed by atoms with E-state index in [9.17, 15) is 5.11 Å². The Morgan fingerprint density at radius 3 is 2.10 bits per heavy atom. The second-order valence-corrected chi connectivity index (χ2v) is 10.1. The van der Waals surface area contributed by atoms with Crippen LogP contribution in [0.4, 0.5) is 17.2 Å². The van der Waals surface area contributed by atoms with Crippen molar-refractivity contribution in [2.24, 2.45) is 0 Å². The van der Waals surface area contributed by atoms with Crippen LogP contribution in [0.25, 0.3) is 33.5 Å². The molecule has 202 valence electrons. The molecule has 0 unspecified atom stereocenters. The molecule has 2 aromatic heterocycles. The highest BCUT2D eigenvalue weighted by atomic mass is 16.3. The van der Waals surface area contributed by atoms with E-state index < -0.39 is 0 Å². The molecule has 0 atom stereocenters. The number of hydrogen-bond acceptors (Lipinski definition) is 4. The molecule has 5 nitrogen and oxygen atoms in total. The molecule has 0 fully saturated rings. The summed E-state index contributed by atoms with van der Waals surface area (Å²) in [5.41, 5.74) is 7.84. The Balaban J connectivity index is 1.40. The quantitative estimate of drug-likeness (QED) is 0.218. The minimum atomic E-state index is 0.208. The van der Waals surface area contributed by atoms with E-state index in [1.54, 1.807) is 6.07 Å². The van der Waals surface area contributed by atoms with E-state index in [0.29, 0.717) is 12.1 Å². The van der Waals surface area contributed by atoms with Crippen molar-refractivity contribution in [2.45, 2.75) is 6.54 Å². The summed E-state index contributed by atoms with van der Waals surface area (Å²) in [5, 5.41) is 10.8. The van der Waals surface area contributed by atoms with E-state index in [2.05, 4.69) is 81.2 Å². The third-order valence-corrected chi connectivity index (χ3v) is 7.42. The van der Waals surface area contributed by atoms with Gasteiger partial charge >= 0.3 is 0 Å². The molecule has 5 aromatic carbocycles. The molecule has 7 aromatic rings. The van der Waals surface area contributed by atoms with Gasteiger partial charge in [-0.05, 0) is 65.7 Å². The van der Waals surface area contributed by atoms with Crippen LogP contribution in [0.1, 0.15) is 5.56 Å². The third-order valence-electron chi connectivity index (χ3n) is 7.42. The number of aromatic nitrogens is 3. The van der Waals surface area contributed by atoms with Crippen LogP contribution in [0.15, 0.2) is 152 Å². The van der Waals surface area contributed by atoms with E-state index in [1.807, 2.05) is 79.0 Å². The summed E-state index contributed by atoms with van der Waals surface area (Å²) in [6.45, 7) is 0.631. The molecule has 0 spiro atoms. The lowest BCUT2D eigenvalue weighted by Crippen LogP contribution is -2.11. The molecular formula is C37H28N4O. The fraction of sp³-hybridized carbons (Fsp3) is 0.0270. The Morgan fingerprint density at radius 1 is 0.619 bits per heavy atom. The summed E-state index contributed by atoms with van der Waals surface area (Å²) < 4.78 is 2.19. The number of para-hydroxylation sites is 3. The van der Waals surface area contributed by atoms with Crippen molar-refractivity contribution in [1.82, 2.24) is 14.5 Å². The standard InChI is InChI=1S/C37H28N4O/c42-34-22-8-7-19-32(34)37-39-36-31(20-12-21-33(36)40(37)26-27-13-3-1-4-14-27)28-15-11-18-30(25-28)41(29-16-5-2-6-17-29)35-23-9-10-24-38-35/h1-25,42H,26H2. The molecule has 0 saturated carbocycles. The number of aromatic hydroxyl groups is 1. The molecule has 2 heterocycles. The normalized spacial score (nSPS) is 11.0. The zero-order valence-electron chi connectivity index (χ0n) is 22.9. The van der Waals surface area contributed by atoms with Crippen LogP contribution in [0.3, 0.4) is 0 Å². The summed E-state index contributed by atoms with van der Waals surface area (Å²) in [5.74, 6) is 1.78. The van der Waals surface area contributed by atoms with Crippen LogP contribution in [-0.2, 0) is 6.54 Å². The molecular weight excluding hydrogens is 516 g/mol. The first-order valence-electron chi connectivity index (χ1n) is 13.9. The van der Waals surface area contributed by atoms with Gasteiger partial charge < -0.3 is 9.67 Å². The first-order chi connectivity index (χ1) is 20.8. The number of pyridine rings is 1. The molecule has 0 bridgehead atoms. The highest BCUT2D eigenvalue weighted by Crippen LogP contribution is 2.39. The van der Waals surface area contributed by atoms with Crippen molar-refractivity contribution in [2.75, 3.05) is 4.90 Å². The molecule has 42 heavy (non-hydrogen) atoms. The molecule has 0 aliphatic carbocycles.